The van der Waals surface area contributed by atoms with Crippen LogP contribution >= 0.6 is 11.3 Å². The summed E-state index contributed by atoms with van der Waals surface area (Å²) in [5.74, 6) is -0.0327. The highest BCUT2D eigenvalue weighted by atomic mass is 32.1. The molecule has 9 heteroatoms. The van der Waals surface area contributed by atoms with Crippen LogP contribution in [0.5, 0.6) is 5.75 Å². The molecule has 0 unspecified atom stereocenters. The van der Waals surface area contributed by atoms with Gasteiger partial charge in [-0.15, -0.1) is 11.3 Å². The average molecular weight is 397 g/mol. The normalized spacial score (nSPS) is 10.2. The molecule has 0 radical (unpaired) electrons. The summed E-state index contributed by atoms with van der Waals surface area (Å²) >= 11 is 1.29. The van der Waals surface area contributed by atoms with Crippen molar-refractivity contribution in [2.24, 2.45) is 0 Å². The number of nitrogens with zero attached hydrogens (tertiary/aromatic N) is 2. The summed E-state index contributed by atoms with van der Waals surface area (Å²) in [6.07, 6.45) is 3.33. The number of thiazole rings is 1. The highest BCUT2D eigenvalue weighted by Crippen LogP contribution is 2.28. The van der Waals surface area contributed by atoms with Crippen molar-refractivity contribution in [1.82, 2.24) is 20.6 Å². The zero-order valence-corrected chi connectivity index (χ0v) is 16.0. The minimum absolute atomic E-state index is 0.133. The first-order valence-electron chi connectivity index (χ1n) is 8.45. The van der Waals surface area contributed by atoms with Crippen LogP contribution in [-0.4, -0.2) is 35.4 Å². The molecule has 0 aliphatic heterocycles. The topological polar surface area (TPSA) is 105 Å². The molecule has 2 amide bonds. The standard InChI is InChI=1S/C19H19N5O3S/c1-27-16-7-3-2-6-14(16)23-19-24-15(12-28-19)18(26)22-11-17(25)21-10-13-5-4-8-20-9-13/h2-9,12H,10-11H2,1H3,(H,21,25)(H,22,26)(H,23,24). The minimum Gasteiger partial charge on any atom is -0.495 e. The fraction of sp³-hybridized carbons (Fsp3) is 0.158. The summed E-state index contributed by atoms with van der Waals surface area (Å²) in [5, 5.41) is 10.6. The maximum atomic E-state index is 12.2. The number of benzene rings is 1. The third-order valence-electron chi connectivity index (χ3n) is 3.71. The van der Waals surface area contributed by atoms with Crippen molar-refractivity contribution in [3.05, 3.63) is 65.4 Å². The Kier molecular flexibility index (Phi) is 6.53. The largest absolute Gasteiger partial charge is 0.495 e. The predicted octanol–water partition coefficient (Wildman–Crippen LogP) is 2.34. The van der Waals surface area contributed by atoms with E-state index in [4.69, 9.17) is 4.74 Å². The van der Waals surface area contributed by atoms with Gasteiger partial charge in [0, 0.05) is 24.3 Å². The van der Waals surface area contributed by atoms with Gasteiger partial charge in [-0.3, -0.25) is 14.6 Å². The lowest BCUT2D eigenvalue weighted by Gasteiger charge is -2.08. The van der Waals surface area contributed by atoms with Crippen LogP contribution in [0, 0.1) is 0 Å². The van der Waals surface area contributed by atoms with E-state index < -0.39 is 5.91 Å². The highest BCUT2D eigenvalue weighted by molar-refractivity contribution is 7.14. The van der Waals surface area contributed by atoms with Crippen LogP contribution in [0.4, 0.5) is 10.8 Å². The smallest absolute Gasteiger partial charge is 0.271 e. The van der Waals surface area contributed by atoms with Gasteiger partial charge in [0.1, 0.15) is 11.4 Å². The number of nitrogens with one attached hydrogen (secondary N) is 3. The number of carbonyl (C=O) groups is 2. The third-order valence-corrected chi connectivity index (χ3v) is 4.47. The van der Waals surface area contributed by atoms with E-state index in [0.717, 1.165) is 11.3 Å². The number of methoxy groups -OCH3 is 1. The number of amides is 2. The molecule has 0 bridgehead atoms. The number of pyridine rings is 1. The molecule has 3 aromatic rings. The molecule has 28 heavy (non-hydrogen) atoms. The molecule has 2 aromatic heterocycles. The van der Waals surface area contributed by atoms with Crippen molar-refractivity contribution in [3.8, 4) is 5.75 Å². The second-order valence-electron chi connectivity index (χ2n) is 5.68. The van der Waals surface area contributed by atoms with Gasteiger partial charge >= 0.3 is 0 Å². The summed E-state index contributed by atoms with van der Waals surface area (Å²) in [4.78, 5) is 32.3. The molecule has 0 aliphatic carbocycles. The van der Waals surface area contributed by atoms with Gasteiger partial charge in [0.2, 0.25) is 5.91 Å². The van der Waals surface area contributed by atoms with Gasteiger partial charge in [-0.25, -0.2) is 4.98 Å². The zero-order valence-electron chi connectivity index (χ0n) is 15.1. The lowest BCUT2D eigenvalue weighted by Crippen LogP contribution is -2.36. The van der Waals surface area contributed by atoms with Gasteiger partial charge in [0.05, 0.1) is 19.3 Å². The van der Waals surface area contributed by atoms with Gasteiger partial charge in [-0.2, -0.15) is 0 Å². The van der Waals surface area contributed by atoms with Crippen LogP contribution in [0.3, 0.4) is 0 Å². The number of carbonyl (C=O) groups excluding carboxylic acids is 2. The van der Waals surface area contributed by atoms with E-state index in [0.29, 0.717) is 17.4 Å². The van der Waals surface area contributed by atoms with Gasteiger partial charge in [0.25, 0.3) is 5.91 Å². The molecule has 0 atom stereocenters. The molecule has 1 aromatic carbocycles. The molecule has 8 nitrogen and oxygen atoms in total. The van der Waals surface area contributed by atoms with E-state index in [-0.39, 0.29) is 18.1 Å². The Morgan fingerprint density at radius 1 is 1.14 bits per heavy atom. The molecule has 3 N–H and O–H groups in total. The fourth-order valence-electron chi connectivity index (χ4n) is 2.32. The fourth-order valence-corrected chi connectivity index (χ4v) is 3.02. The number of anilines is 2. The van der Waals surface area contributed by atoms with E-state index in [9.17, 15) is 9.59 Å². The first-order valence-corrected chi connectivity index (χ1v) is 9.33. The second-order valence-corrected chi connectivity index (χ2v) is 6.54. The molecular weight excluding hydrogens is 378 g/mol. The van der Waals surface area contributed by atoms with Crippen molar-refractivity contribution < 1.29 is 14.3 Å². The number of hydrogen-bond donors (Lipinski definition) is 3. The van der Waals surface area contributed by atoms with Crippen LogP contribution in [0.25, 0.3) is 0 Å². The Labute approximate surface area is 166 Å². The molecular formula is C19H19N5O3S. The predicted molar refractivity (Wildman–Crippen MR) is 107 cm³/mol. The monoisotopic (exact) mass is 397 g/mol. The highest BCUT2D eigenvalue weighted by Gasteiger charge is 2.13. The summed E-state index contributed by atoms with van der Waals surface area (Å²) in [6, 6.07) is 11.1. The Bertz CT molecular complexity index is 946. The van der Waals surface area contributed by atoms with Gasteiger partial charge < -0.3 is 20.7 Å². The molecule has 0 saturated carbocycles. The van der Waals surface area contributed by atoms with E-state index in [2.05, 4.69) is 25.9 Å². The molecule has 0 saturated heterocycles. The van der Waals surface area contributed by atoms with E-state index >= 15 is 0 Å². The molecule has 0 spiro atoms. The number of aromatic nitrogens is 2. The summed E-state index contributed by atoms with van der Waals surface area (Å²) in [6.45, 7) is 0.220. The van der Waals surface area contributed by atoms with Crippen LogP contribution < -0.4 is 20.7 Å². The Balaban J connectivity index is 1.49. The van der Waals surface area contributed by atoms with Crippen LogP contribution in [-0.2, 0) is 11.3 Å². The van der Waals surface area contributed by atoms with Crippen molar-refractivity contribution in [2.45, 2.75) is 6.54 Å². The maximum Gasteiger partial charge on any atom is 0.271 e. The minimum atomic E-state index is -0.416. The van der Waals surface area contributed by atoms with Crippen LogP contribution in [0.2, 0.25) is 0 Å². The lowest BCUT2D eigenvalue weighted by molar-refractivity contribution is -0.120. The Hall–Kier alpha value is -3.46. The van der Waals surface area contributed by atoms with Crippen molar-refractivity contribution in [1.29, 1.82) is 0 Å². The quantitative estimate of drug-likeness (QED) is 0.539. The maximum absolute atomic E-state index is 12.2. The first-order chi connectivity index (χ1) is 13.7. The summed E-state index contributed by atoms with van der Waals surface area (Å²) < 4.78 is 5.28. The average Bonchev–Trinajstić information content (AvgIpc) is 3.20. The molecule has 144 valence electrons. The molecule has 0 aliphatic rings. The van der Waals surface area contributed by atoms with Crippen molar-refractivity contribution >= 4 is 34.0 Å². The molecule has 0 fully saturated rings. The van der Waals surface area contributed by atoms with Gasteiger partial charge in [-0.05, 0) is 23.8 Å². The third kappa shape index (κ3) is 5.27. The number of hydrogen-bond acceptors (Lipinski definition) is 7. The molecule has 2 heterocycles. The summed E-state index contributed by atoms with van der Waals surface area (Å²) in [5.41, 5.74) is 1.87. The van der Waals surface area contributed by atoms with E-state index in [1.165, 1.54) is 11.3 Å². The van der Waals surface area contributed by atoms with Crippen LogP contribution in [0.1, 0.15) is 16.1 Å². The van der Waals surface area contributed by atoms with Crippen molar-refractivity contribution in [3.63, 3.8) is 0 Å². The Morgan fingerprint density at radius 3 is 2.79 bits per heavy atom. The van der Waals surface area contributed by atoms with Gasteiger partial charge in [-0.1, -0.05) is 18.2 Å². The Morgan fingerprint density at radius 2 is 2.00 bits per heavy atom. The van der Waals surface area contributed by atoms with E-state index in [1.54, 1.807) is 30.9 Å². The first kappa shape index (κ1) is 19.3. The second kappa shape index (κ2) is 9.47. The zero-order chi connectivity index (χ0) is 19.8. The molecule has 3 rings (SSSR count). The lowest BCUT2D eigenvalue weighted by atomic mass is 10.3. The number of rotatable bonds is 8. The van der Waals surface area contributed by atoms with Gasteiger partial charge in [0.15, 0.2) is 5.13 Å². The van der Waals surface area contributed by atoms with E-state index in [1.807, 2.05) is 30.3 Å². The van der Waals surface area contributed by atoms with Crippen LogP contribution in [0.15, 0.2) is 54.2 Å². The SMILES string of the molecule is COc1ccccc1Nc1nc(C(=O)NCC(=O)NCc2cccnc2)cs1. The number of ether oxygens (including phenoxy) is 1. The number of para-hydroxylation sites is 2. The van der Waals surface area contributed by atoms with Crippen molar-refractivity contribution in [2.75, 3.05) is 19.0 Å². The summed E-state index contributed by atoms with van der Waals surface area (Å²) in [7, 11) is 1.58.